The standard InChI is InChI=1S/2C8H12.2CH3O.2Rh/c2*1-2-4-6-8-7-5-3-1;2*1-2;;/h2*1-2,7-8H,3-6H2;2*1H3;;/q;;2*-1;;. The maximum absolute atomic E-state index is 8.25. The predicted octanol–water partition coefficient (Wildman–Crippen LogP) is 3.29. The van der Waals surface area contributed by atoms with Crippen LogP contribution in [0.1, 0.15) is 51.4 Å². The summed E-state index contributed by atoms with van der Waals surface area (Å²) in [6.45, 7) is 0. The monoisotopic (exact) mass is 484 g/mol. The van der Waals surface area contributed by atoms with Gasteiger partial charge in [0.2, 0.25) is 0 Å². The molecule has 0 aromatic carbocycles. The molecule has 0 aliphatic heterocycles. The van der Waals surface area contributed by atoms with E-state index in [1.165, 1.54) is 51.4 Å². The molecule has 4 heteroatoms. The fourth-order valence-corrected chi connectivity index (χ4v) is 1.71. The molecule has 0 heterocycles. The van der Waals surface area contributed by atoms with Crippen LogP contribution in [0, 0.1) is 0 Å². The summed E-state index contributed by atoms with van der Waals surface area (Å²) in [5.41, 5.74) is 0. The topological polar surface area (TPSA) is 46.1 Å². The molecule has 0 N–H and O–H groups in total. The average molecular weight is 484 g/mol. The zero-order chi connectivity index (χ0) is 15.3. The minimum absolute atomic E-state index is 0. The molecule has 0 amide bonds. The van der Waals surface area contributed by atoms with Crippen molar-refractivity contribution in [3.63, 3.8) is 0 Å². The van der Waals surface area contributed by atoms with Crippen molar-refractivity contribution in [1.82, 2.24) is 0 Å². The van der Waals surface area contributed by atoms with Crippen molar-refractivity contribution in [3.05, 3.63) is 48.6 Å². The average Bonchev–Trinajstić information content (AvgIpc) is 2.42. The first-order valence-corrected chi connectivity index (χ1v) is 7.42. The fraction of sp³-hybridized carbons (Fsp3) is 0.556. The van der Waals surface area contributed by atoms with Crippen LogP contribution in [0.4, 0.5) is 0 Å². The molecule has 0 saturated heterocycles. The first-order chi connectivity index (χ1) is 10.0. The second-order valence-electron chi connectivity index (χ2n) is 4.20. The zero-order valence-electron chi connectivity index (χ0n) is 13.8. The van der Waals surface area contributed by atoms with Crippen LogP contribution in [0.25, 0.3) is 0 Å². The molecule has 0 fully saturated rings. The van der Waals surface area contributed by atoms with Gasteiger partial charge in [-0.15, -0.1) is 0 Å². The van der Waals surface area contributed by atoms with Gasteiger partial charge >= 0.3 is 0 Å². The van der Waals surface area contributed by atoms with E-state index in [4.69, 9.17) is 10.2 Å². The van der Waals surface area contributed by atoms with Crippen molar-refractivity contribution in [2.24, 2.45) is 0 Å². The predicted molar refractivity (Wildman–Crippen MR) is 85.3 cm³/mol. The molecule has 2 nitrogen and oxygen atoms in total. The van der Waals surface area contributed by atoms with E-state index in [0.717, 1.165) is 14.2 Å². The number of rotatable bonds is 0. The molecule has 0 spiro atoms. The van der Waals surface area contributed by atoms with Crippen LogP contribution >= 0.6 is 0 Å². The quantitative estimate of drug-likeness (QED) is 0.392. The normalized spacial score (nSPS) is 15.1. The maximum atomic E-state index is 8.25. The SMILES string of the molecule is C1=CCCC=CCC1.C1=CCCC=CCC1.C[O-].C[O-].[Rh].[Rh]. The second-order valence-corrected chi connectivity index (χ2v) is 4.20. The summed E-state index contributed by atoms with van der Waals surface area (Å²) in [4.78, 5) is 0. The van der Waals surface area contributed by atoms with Crippen molar-refractivity contribution >= 4 is 0 Å². The molecule has 0 aromatic heterocycles. The van der Waals surface area contributed by atoms with E-state index in [-0.39, 0.29) is 39.0 Å². The van der Waals surface area contributed by atoms with E-state index in [9.17, 15) is 0 Å². The van der Waals surface area contributed by atoms with Gasteiger partial charge in [0.25, 0.3) is 0 Å². The van der Waals surface area contributed by atoms with Crippen LogP contribution in [0.15, 0.2) is 48.6 Å². The van der Waals surface area contributed by atoms with Crippen LogP contribution < -0.4 is 10.2 Å². The van der Waals surface area contributed by atoms with Gasteiger partial charge in [0.1, 0.15) is 0 Å². The first-order valence-electron chi connectivity index (χ1n) is 7.42. The molecule has 0 bridgehead atoms. The Bertz CT molecular complexity index is 192. The fourth-order valence-electron chi connectivity index (χ4n) is 1.71. The molecule has 2 aliphatic rings. The minimum atomic E-state index is 0. The van der Waals surface area contributed by atoms with Crippen LogP contribution in [0.2, 0.25) is 0 Å². The Morgan fingerprint density at radius 2 is 0.455 bits per heavy atom. The van der Waals surface area contributed by atoms with E-state index < -0.39 is 0 Å². The number of allylic oxidation sites excluding steroid dienone is 8. The summed E-state index contributed by atoms with van der Waals surface area (Å²) in [5.74, 6) is 0. The van der Waals surface area contributed by atoms with Gasteiger partial charge in [-0.1, -0.05) is 48.6 Å². The van der Waals surface area contributed by atoms with Crippen molar-refractivity contribution in [2.45, 2.75) is 51.4 Å². The van der Waals surface area contributed by atoms with Crippen molar-refractivity contribution in [1.29, 1.82) is 0 Å². The van der Waals surface area contributed by atoms with E-state index in [0.29, 0.717) is 0 Å². The van der Waals surface area contributed by atoms with Gasteiger partial charge in [-0.25, -0.2) is 0 Å². The van der Waals surface area contributed by atoms with Gasteiger partial charge in [-0.3, -0.25) is 0 Å². The van der Waals surface area contributed by atoms with Gasteiger partial charge in [0.05, 0.1) is 0 Å². The molecule has 22 heavy (non-hydrogen) atoms. The van der Waals surface area contributed by atoms with Crippen LogP contribution in [0.5, 0.6) is 0 Å². The Kier molecular flexibility index (Phi) is 45.0. The third kappa shape index (κ3) is 28.3. The molecule has 0 aromatic rings. The number of hydrogen-bond acceptors (Lipinski definition) is 2. The molecule has 134 valence electrons. The third-order valence-electron chi connectivity index (χ3n) is 2.67. The van der Waals surface area contributed by atoms with E-state index in [1.54, 1.807) is 0 Å². The Balaban J connectivity index is -0.000000112. The maximum Gasteiger partial charge on any atom is 0 e. The molecular formula is C18H30O2Rh2-2. The van der Waals surface area contributed by atoms with Crippen molar-refractivity contribution in [3.8, 4) is 0 Å². The Morgan fingerprint density at radius 1 is 0.364 bits per heavy atom. The number of hydrogen-bond donors (Lipinski definition) is 0. The Hall–Kier alpha value is 0.127. The molecule has 2 radical (unpaired) electrons. The van der Waals surface area contributed by atoms with Gasteiger partial charge in [0.15, 0.2) is 0 Å². The summed E-state index contributed by atoms with van der Waals surface area (Å²) < 4.78 is 0. The summed E-state index contributed by atoms with van der Waals surface area (Å²) in [6.07, 6.45) is 28.0. The van der Waals surface area contributed by atoms with Crippen LogP contribution in [0.3, 0.4) is 0 Å². The minimum Gasteiger partial charge on any atom is -0.857 e. The third-order valence-corrected chi connectivity index (χ3v) is 2.67. The summed E-state index contributed by atoms with van der Waals surface area (Å²) >= 11 is 0. The summed E-state index contributed by atoms with van der Waals surface area (Å²) in [5, 5.41) is 16.5. The van der Waals surface area contributed by atoms with Crippen LogP contribution in [-0.4, -0.2) is 14.2 Å². The Labute approximate surface area is 163 Å². The van der Waals surface area contributed by atoms with Crippen LogP contribution in [-0.2, 0) is 39.0 Å². The summed E-state index contributed by atoms with van der Waals surface area (Å²) in [6, 6.07) is 0. The van der Waals surface area contributed by atoms with Gasteiger partial charge < -0.3 is 10.2 Å². The smallest absolute Gasteiger partial charge is 0 e. The Morgan fingerprint density at radius 3 is 0.545 bits per heavy atom. The van der Waals surface area contributed by atoms with E-state index >= 15 is 0 Å². The van der Waals surface area contributed by atoms with Gasteiger partial charge in [-0.2, -0.15) is 14.2 Å². The molecule has 0 unspecified atom stereocenters. The van der Waals surface area contributed by atoms with Crippen molar-refractivity contribution < 1.29 is 49.2 Å². The van der Waals surface area contributed by atoms with E-state index in [2.05, 4.69) is 48.6 Å². The van der Waals surface area contributed by atoms with E-state index in [1.807, 2.05) is 0 Å². The molecule has 2 rings (SSSR count). The van der Waals surface area contributed by atoms with Gasteiger partial charge in [-0.05, 0) is 51.4 Å². The molecule has 2 aliphatic carbocycles. The second kappa shape index (κ2) is 32.9. The largest absolute Gasteiger partial charge is 0.857 e. The van der Waals surface area contributed by atoms with Crippen molar-refractivity contribution in [2.75, 3.05) is 14.2 Å². The van der Waals surface area contributed by atoms with Gasteiger partial charge in [0, 0.05) is 39.0 Å². The molecule has 0 saturated carbocycles. The zero-order valence-corrected chi connectivity index (χ0v) is 17.0. The first kappa shape index (κ1) is 30.1. The summed E-state index contributed by atoms with van der Waals surface area (Å²) in [7, 11) is 1.50. The molecule has 0 atom stereocenters. The molecular weight excluding hydrogens is 454 g/mol.